The van der Waals surface area contributed by atoms with E-state index in [4.69, 9.17) is 9.47 Å². The van der Waals surface area contributed by atoms with Crippen molar-refractivity contribution in [3.63, 3.8) is 0 Å². The van der Waals surface area contributed by atoms with Crippen molar-refractivity contribution in [2.45, 2.75) is 41.2 Å². The van der Waals surface area contributed by atoms with Gasteiger partial charge in [0, 0.05) is 0 Å². The van der Waals surface area contributed by atoms with Crippen molar-refractivity contribution in [2.75, 3.05) is 11.5 Å². The van der Waals surface area contributed by atoms with E-state index in [0.29, 0.717) is 40.4 Å². The van der Waals surface area contributed by atoms with E-state index < -0.39 is 17.8 Å². The summed E-state index contributed by atoms with van der Waals surface area (Å²) in [6, 6.07) is 14.4. The zero-order chi connectivity index (χ0) is 27.6. The third kappa shape index (κ3) is 5.81. The molecule has 1 heterocycles. The molecule has 1 fully saturated rings. The summed E-state index contributed by atoms with van der Waals surface area (Å²) in [6.45, 7) is 10.3. The molecule has 1 aliphatic rings. The van der Waals surface area contributed by atoms with Crippen molar-refractivity contribution in [1.82, 2.24) is 5.32 Å². The predicted octanol–water partition coefficient (Wildman–Crippen LogP) is 6.33. The number of anilines is 1. The van der Waals surface area contributed by atoms with Crippen molar-refractivity contribution in [2.24, 2.45) is 0 Å². The predicted molar refractivity (Wildman–Crippen MR) is 150 cm³/mol. The number of benzene rings is 3. The third-order valence-corrected chi connectivity index (χ3v) is 6.60. The van der Waals surface area contributed by atoms with Crippen LogP contribution in [-0.4, -0.2) is 24.5 Å². The van der Waals surface area contributed by atoms with Crippen LogP contribution in [0, 0.1) is 27.7 Å². The zero-order valence-corrected chi connectivity index (χ0v) is 23.6. The lowest BCUT2D eigenvalue weighted by Gasteiger charge is -2.28. The van der Waals surface area contributed by atoms with Gasteiger partial charge in [-0.15, -0.1) is 0 Å². The molecule has 3 aromatic carbocycles. The normalized spacial score (nSPS) is 14.6. The second-order valence-corrected chi connectivity index (χ2v) is 10.1. The Balaban J connectivity index is 1.68. The monoisotopic (exact) mass is 576 g/mol. The van der Waals surface area contributed by atoms with Gasteiger partial charge in [0.15, 0.2) is 11.5 Å². The largest absolute Gasteiger partial charge is 0.490 e. The van der Waals surface area contributed by atoms with Crippen LogP contribution in [0.1, 0.15) is 40.3 Å². The van der Waals surface area contributed by atoms with Crippen LogP contribution in [0.3, 0.4) is 0 Å². The molecule has 0 bridgehead atoms. The quantitative estimate of drug-likeness (QED) is 0.262. The standard InChI is InChI=1S/C30H29BrN2O5/c1-6-37-26-15-21(14-24(31)27(26)38-16-22-10-18(3)9-19(4)11-22)13-23-28(34)32-30(36)33(29(23)35)25-12-17(2)7-8-20(25)5/h7-15H,6,16H2,1-5H3,(H,32,34,36)/b23-13+. The number of halogens is 1. The Bertz CT molecular complexity index is 1460. The third-order valence-electron chi connectivity index (χ3n) is 6.01. The minimum absolute atomic E-state index is 0.163. The Hall–Kier alpha value is -3.91. The minimum atomic E-state index is -0.780. The van der Waals surface area contributed by atoms with Crippen LogP contribution in [0.2, 0.25) is 0 Å². The van der Waals surface area contributed by atoms with Gasteiger partial charge in [-0.3, -0.25) is 14.9 Å². The number of nitrogens with zero attached hydrogens (tertiary/aromatic N) is 1. The highest BCUT2D eigenvalue weighted by atomic mass is 79.9. The van der Waals surface area contributed by atoms with E-state index in [9.17, 15) is 14.4 Å². The molecule has 1 aliphatic heterocycles. The SMILES string of the molecule is CCOc1cc(/C=C2\C(=O)NC(=O)N(c3cc(C)ccc3C)C2=O)cc(Br)c1OCc1cc(C)cc(C)c1. The van der Waals surface area contributed by atoms with Crippen LogP contribution in [0.15, 0.2) is 58.6 Å². The molecule has 7 nitrogen and oxygen atoms in total. The highest BCUT2D eigenvalue weighted by Crippen LogP contribution is 2.38. The fraction of sp³-hybridized carbons (Fsp3) is 0.233. The summed E-state index contributed by atoms with van der Waals surface area (Å²) in [5, 5.41) is 2.28. The molecule has 0 saturated carbocycles. The lowest BCUT2D eigenvalue weighted by molar-refractivity contribution is -0.122. The number of imide groups is 2. The number of hydrogen-bond donors (Lipinski definition) is 1. The fourth-order valence-electron chi connectivity index (χ4n) is 4.39. The summed E-state index contributed by atoms with van der Waals surface area (Å²) in [4.78, 5) is 39.8. The number of carbonyl (C=O) groups is 3. The number of carbonyl (C=O) groups excluding carboxylic acids is 3. The molecule has 1 saturated heterocycles. The maximum atomic E-state index is 13.4. The summed E-state index contributed by atoms with van der Waals surface area (Å²) in [6.07, 6.45) is 1.45. The maximum Gasteiger partial charge on any atom is 0.335 e. The molecule has 4 rings (SSSR count). The van der Waals surface area contributed by atoms with E-state index in [1.165, 1.54) is 6.08 Å². The number of ether oxygens (including phenoxy) is 2. The average molecular weight is 577 g/mol. The molecular weight excluding hydrogens is 548 g/mol. The summed E-state index contributed by atoms with van der Waals surface area (Å²) >= 11 is 3.56. The first-order valence-corrected chi connectivity index (χ1v) is 13.0. The van der Waals surface area contributed by atoms with Gasteiger partial charge in [-0.05, 0) is 97.1 Å². The van der Waals surface area contributed by atoms with Crippen molar-refractivity contribution < 1.29 is 23.9 Å². The van der Waals surface area contributed by atoms with E-state index in [1.807, 2.05) is 39.8 Å². The Labute approximate surface area is 230 Å². The molecule has 196 valence electrons. The van der Waals surface area contributed by atoms with E-state index in [0.717, 1.165) is 32.7 Å². The van der Waals surface area contributed by atoms with Gasteiger partial charge in [-0.1, -0.05) is 41.5 Å². The van der Waals surface area contributed by atoms with Gasteiger partial charge in [0.2, 0.25) is 0 Å². The zero-order valence-electron chi connectivity index (χ0n) is 22.0. The van der Waals surface area contributed by atoms with Gasteiger partial charge < -0.3 is 9.47 Å². The number of urea groups is 1. The molecule has 38 heavy (non-hydrogen) atoms. The number of rotatable bonds is 7. The Morgan fingerprint density at radius 1 is 0.895 bits per heavy atom. The molecule has 0 radical (unpaired) electrons. The molecule has 0 aromatic heterocycles. The number of hydrogen-bond acceptors (Lipinski definition) is 5. The van der Waals surface area contributed by atoms with E-state index >= 15 is 0 Å². The smallest absolute Gasteiger partial charge is 0.335 e. The van der Waals surface area contributed by atoms with Gasteiger partial charge in [0.25, 0.3) is 11.8 Å². The highest BCUT2D eigenvalue weighted by molar-refractivity contribution is 9.10. The Morgan fingerprint density at radius 2 is 1.61 bits per heavy atom. The Morgan fingerprint density at radius 3 is 2.29 bits per heavy atom. The van der Waals surface area contributed by atoms with Crippen molar-refractivity contribution in [3.8, 4) is 11.5 Å². The van der Waals surface area contributed by atoms with Gasteiger partial charge in [0.05, 0.1) is 16.8 Å². The van der Waals surface area contributed by atoms with Crippen LogP contribution >= 0.6 is 15.9 Å². The highest BCUT2D eigenvalue weighted by Gasteiger charge is 2.37. The van der Waals surface area contributed by atoms with Crippen LogP contribution in [0.4, 0.5) is 10.5 Å². The number of barbiturate groups is 1. The topological polar surface area (TPSA) is 84.9 Å². The second kappa shape index (κ2) is 11.2. The van der Waals surface area contributed by atoms with Gasteiger partial charge in [-0.2, -0.15) is 0 Å². The first-order valence-electron chi connectivity index (χ1n) is 12.2. The van der Waals surface area contributed by atoms with Crippen molar-refractivity contribution in [1.29, 1.82) is 0 Å². The minimum Gasteiger partial charge on any atom is -0.490 e. The van der Waals surface area contributed by atoms with Gasteiger partial charge in [-0.25, -0.2) is 9.69 Å². The van der Waals surface area contributed by atoms with Crippen LogP contribution in [0.25, 0.3) is 6.08 Å². The fourth-order valence-corrected chi connectivity index (χ4v) is 4.96. The number of amides is 4. The van der Waals surface area contributed by atoms with Crippen LogP contribution in [0.5, 0.6) is 11.5 Å². The Kier molecular flexibility index (Phi) is 8.02. The van der Waals surface area contributed by atoms with E-state index in [1.54, 1.807) is 25.1 Å². The van der Waals surface area contributed by atoms with Crippen molar-refractivity contribution in [3.05, 3.63) is 92.0 Å². The number of aryl methyl sites for hydroxylation is 4. The average Bonchev–Trinajstić information content (AvgIpc) is 2.83. The summed E-state index contributed by atoms with van der Waals surface area (Å²) < 4.78 is 12.6. The van der Waals surface area contributed by atoms with Gasteiger partial charge >= 0.3 is 6.03 Å². The maximum absolute atomic E-state index is 13.4. The first-order chi connectivity index (χ1) is 18.1. The summed E-state index contributed by atoms with van der Waals surface area (Å²) in [7, 11) is 0. The molecule has 0 spiro atoms. The molecule has 0 atom stereocenters. The lowest BCUT2D eigenvalue weighted by Crippen LogP contribution is -2.54. The molecule has 1 N–H and O–H groups in total. The number of nitrogens with one attached hydrogen (secondary N) is 1. The second-order valence-electron chi connectivity index (χ2n) is 9.30. The molecule has 0 aliphatic carbocycles. The molecule has 0 unspecified atom stereocenters. The molecular formula is C30H29BrN2O5. The van der Waals surface area contributed by atoms with Crippen LogP contribution < -0.4 is 19.7 Å². The van der Waals surface area contributed by atoms with E-state index in [2.05, 4.69) is 39.4 Å². The summed E-state index contributed by atoms with van der Waals surface area (Å²) in [5.74, 6) is -0.480. The van der Waals surface area contributed by atoms with Crippen LogP contribution in [-0.2, 0) is 16.2 Å². The van der Waals surface area contributed by atoms with Crippen molar-refractivity contribution >= 4 is 45.5 Å². The first kappa shape index (κ1) is 27.1. The summed E-state index contributed by atoms with van der Waals surface area (Å²) in [5.41, 5.74) is 5.75. The molecule has 4 amide bonds. The van der Waals surface area contributed by atoms with E-state index in [-0.39, 0.29) is 5.57 Å². The lowest BCUT2D eigenvalue weighted by atomic mass is 10.0. The molecule has 8 heteroatoms. The van der Waals surface area contributed by atoms with Gasteiger partial charge in [0.1, 0.15) is 12.2 Å². The molecule has 3 aromatic rings.